The molecule has 1 aliphatic rings. The van der Waals surface area contributed by atoms with Gasteiger partial charge in [0.1, 0.15) is 5.69 Å². The van der Waals surface area contributed by atoms with Gasteiger partial charge in [0.15, 0.2) is 0 Å². The second-order valence-corrected chi connectivity index (χ2v) is 5.74. The normalized spacial score (nSPS) is 27.2. The number of rotatable bonds is 4. The molecule has 6 nitrogen and oxygen atoms in total. The summed E-state index contributed by atoms with van der Waals surface area (Å²) in [6, 6.07) is 0.435. The molecular weight excluding hydrogens is 242 g/mol. The van der Waals surface area contributed by atoms with Gasteiger partial charge in [0.05, 0.1) is 25.3 Å². The first-order valence-corrected chi connectivity index (χ1v) is 6.96. The fourth-order valence-electron chi connectivity index (χ4n) is 2.95. The number of nitrogens with two attached hydrogens (primary N) is 1. The topological polar surface area (TPSA) is 85.8 Å². The summed E-state index contributed by atoms with van der Waals surface area (Å²) in [6.45, 7) is 4.99. The Balaban J connectivity index is 1.94. The Hall–Kier alpha value is -1.43. The zero-order chi connectivity index (χ0) is 13.8. The first kappa shape index (κ1) is 14.0. The van der Waals surface area contributed by atoms with Gasteiger partial charge >= 0.3 is 0 Å². The average Bonchev–Trinajstić information content (AvgIpc) is 2.83. The van der Waals surface area contributed by atoms with Gasteiger partial charge in [-0.15, -0.1) is 5.10 Å². The zero-order valence-corrected chi connectivity index (χ0v) is 11.7. The van der Waals surface area contributed by atoms with Crippen molar-refractivity contribution in [3.05, 3.63) is 11.9 Å². The summed E-state index contributed by atoms with van der Waals surface area (Å²) in [7, 11) is 0. The van der Waals surface area contributed by atoms with E-state index in [1.807, 2.05) is 10.9 Å². The van der Waals surface area contributed by atoms with Crippen LogP contribution in [-0.4, -0.2) is 27.4 Å². The average molecular weight is 265 g/mol. The molecule has 6 heteroatoms. The lowest BCUT2D eigenvalue weighted by Gasteiger charge is -2.31. The highest BCUT2D eigenvalue weighted by atomic mass is 16.1. The maximum Gasteiger partial charge on any atom is 0.234 e. The van der Waals surface area contributed by atoms with Crippen molar-refractivity contribution in [1.82, 2.24) is 20.3 Å². The van der Waals surface area contributed by atoms with E-state index < -0.39 is 0 Å². The van der Waals surface area contributed by atoms with Crippen molar-refractivity contribution in [3.8, 4) is 0 Å². The maximum absolute atomic E-state index is 11.1. The van der Waals surface area contributed by atoms with Crippen LogP contribution in [0.3, 0.4) is 0 Å². The minimum Gasteiger partial charge on any atom is -0.349 e. The molecule has 1 aromatic rings. The smallest absolute Gasteiger partial charge is 0.234 e. The van der Waals surface area contributed by atoms with E-state index >= 15 is 0 Å². The van der Waals surface area contributed by atoms with Crippen LogP contribution in [0, 0.1) is 11.8 Å². The highest BCUT2D eigenvalue weighted by Gasteiger charge is 2.25. The van der Waals surface area contributed by atoms with E-state index in [0.29, 0.717) is 12.6 Å². The molecule has 0 aliphatic heterocycles. The SMILES string of the molecule is CC1CC(C)CC(n2cc(CNC(=O)CN)nn2)C1. The molecule has 2 atom stereocenters. The van der Waals surface area contributed by atoms with Crippen molar-refractivity contribution >= 4 is 5.91 Å². The number of amides is 1. The molecule has 2 unspecified atom stereocenters. The fourth-order valence-corrected chi connectivity index (χ4v) is 2.95. The maximum atomic E-state index is 11.1. The van der Waals surface area contributed by atoms with Gasteiger partial charge in [0.25, 0.3) is 0 Å². The van der Waals surface area contributed by atoms with Crippen LogP contribution in [0.25, 0.3) is 0 Å². The number of hydrogen-bond donors (Lipinski definition) is 2. The van der Waals surface area contributed by atoms with Crippen LogP contribution in [0.2, 0.25) is 0 Å². The monoisotopic (exact) mass is 265 g/mol. The predicted octanol–water partition coefficient (Wildman–Crippen LogP) is 0.850. The van der Waals surface area contributed by atoms with Gasteiger partial charge in [0, 0.05) is 0 Å². The molecule has 0 saturated heterocycles. The number of aromatic nitrogens is 3. The molecule has 106 valence electrons. The highest BCUT2D eigenvalue weighted by Crippen LogP contribution is 2.35. The van der Waals surface area contributed by atoms with Crippen LogP contribution in [0.4, 0.5) is 0 Å². The van der Waals surface area contributed by atoms with Crippen molar-refractivity contribution in [1.29, 1.82) is 0 Å². The lowest BCUT2D eigenvalue weighted by molar-refractivity contribution is -0.119. The van der Waals surface area contributed by atoms with Gasteiger partial charge in [0.2, 0.25) is 5.91 Å². The van der Waals surface area contributed by atoms with Crippen LogP contribution in [-0.2, 0) is 11.3 Å². The summed E-state index contributed by atoms with van der Waals surface area (Å²) in [5, 5.41) is 11.0. The van der Waals surface area contributed by atoms with E-state index in [9.17, 15) is 4.79 Å². The molecule has 1 heterocycles. The van der Waals surface area contributed by atoms with E-state index in [4.69, 9.17) is 5.73 Å². The summed E-state index contributed by atoms with van der Waals surface area (Å²) in [5.41, 5.74) is 6.02. The molecule has 1 amide bonds. The van der Waals surface area contributed by atoms with E-state index in [1.54, 1.807) is 0 Å². The number of nitrogens with zero attached hydrogens (tertiary/aromatic N) is 3. The number of nitrogens with one attached hydrogen (secondary N) is 1. The van der Waals surface area contributed by atoms with Gasteiger partial charge in [-0.2, -0.15) is 0 Å². The highest BCUT2D eigenvalue weighted by molar-refractivity contribution is 5.77. The third-order valence-electron chi connectivity index (χ3n) is 3.74. The molecule has 1 fully saturated rings. The third kappa shape index (κ3) is 3.76. The van der Waals surface area contributed by atoms with E-state index in [1.165, 1.54) is 6.42 Å². The van der Waals surface area contributed by atoms with E-state index in [2.05, 4.69) is 29.5 Å². The van der Waals surface area contributed by atoms with Crippen LogP contribution in [0.15, 0.2) is 6.20 Å². The van der Waals surface area contributed by atoms with Gasteiger partial charge in [-0.25, -0.2) is 4.68 Å². The van der Waals surface area contributed by atoms with Gasteiger partial charge < -0.3 is 11.1 Å². The Kier molecular flexibility index (Phi) is 4.52. The Morgan fingerprint density at radius 1 is 1.42 bits per heavy atom. The molecule has 2 rings (SSSR count). The lowest BCUT2D eigenvalue weighted by atomic mass is 9.80. The number of carbonyl (C=O) groups is 1. The molecule has 1 aliphatic carbocycles. The van der Waals surface area contributed by atoms with Gasteiger partial charge in [-0.1, -0.05) is 19.1 Å². The molecule has 1 aromatic heterocycles. The Morgan fingerprint density at radius 2 is 2.11 bits per heavy atom. The molecule has 3 N–H and O–H groups in total. The molecule has 0 spiro atoms. The summed E-state index contributed by atoms with van der Waals surface area (Å²) in [5.74, 6) is 1.30. The van der Waals surface area contributed by atoms with Crippen molar-refractivity contribution in [2.24, 2.45) is 17.6 Å². The molecule has 0 bridgehead atoms. The predicted molar refractivity (Wildman–Crippen MR) is 72.1 cm³/mol. The fraction of sp³-hybridized carbons (Fsp3) is 0.769. The molecule has 0 aromatic carbocycles. The molecular formula is C13H23N5O. The summed E-state index contributed by atoms with van der Waals surface area (Å²) < 4.78 is 1.95. The summed E-state index contributed by atoms with van der Waals surface area (Å²) in [6.07, 6.45) is 5.54. The van der Waals surface area contributed by atoms with Crippen LogP contribution in [0.1, 0.15) is 44.8 Å². The zero-order valence-electron chi connectivity index (χ0n) is 11.7. The van der Waals surface area contributed by atoms with Gasteiger partial charge in [-0.3, -0.25) is 4.79 Å². The van der Waals surface area contributed by atoms with E-state index in [-0.39, 0.29) is 12.5 Å². The Labute approximate surface area is 113 Å². The Bertz CT molecular complexity index is 420. The summed E-state index contributed by atoms with van der Waals surface area (Å²) in [4.78, 5) is 11.1. The Morgan fingerprint density at radius 3 is 2.74 bits per heavy atom. The molecule has 1 saturated carbocycles. The largest absolute Gasteiger partial charge is 0.349 e. The molecule has 0 radical (unpaired) electrons. The third-order valence-corrected chi connectivity index (χ3v) is 3.74. The minimum absolute atomic E-state index is 0.00575. The number of carbonyl (C=O) groups excluding carboxylic acids is 1. The van der Waals surface area contributed by atoms with Crippen molar-refractivity contribution < 1.29 is 4.79 Å². The minimum atomic E-state index is -0.172. The van der Waals surface area contributed by atoms with Gasteiger partial charge in [-0.05, 0) is 31.1 Å². The van der Waals surface area contributed by atoms with Crippen molar-refractivity contribution in [2.45, 2.75) is 45.7 Å². The second-order valence-electron chi connectivity index (χ2n) is 5.74. The molecule has 19 heavy (non-hydrogen) atoms. The first-order chi connectivity index (χ1) is 9.08. The van der Waals surface area contributed by atoms with Crippen LogP contribution >= 0.6 is 0 Å². The standard InChI is InChI=1S/C13H23N5O/c1-9-3-10(2)5-12(4-9)18-8-11(16-17-18)7-15-13(19)6-14/h8-10,12H,3-7,14H2,1-2H3,(H,15,19). The first-order valence-electron chi connectivity index (χ1n) is 6.96. The van der Waals surface area contributed by atoms with Crippen molar-refractivity contribution in [3.63, 3.8) is 0 Å². The van der Waals surface area contributed by atoms with E-state index in [0.717, 1.165) is 30.4 Å². The van der Waals surface area contributed by atoms with Crippen molar-refractivity contribution in [2.75, 3.05) is 6.54 Å². The lowest BCUT2D eigenvalue weighted by Crippen LogP contribution is -2.29. The van der Waals surface area contributed by atoms with Crippen LogP contribution < -0.4 is 11.1 Å². The summed E-state index contributed by atoms with van der Waals surface area (Å²) >= 11 is 0. The second kappa shape index (κ2) is 6.14. The quantitative estimate of drug-likeness (QED) is 0.845. The number of hydrogen-bond acceptors (Lipinski definition) is 4. The van der Waals surface area contributed by atoms with Crippen LogP contribution in [0.5, 0.6) is 0 Å².